The molecule has 1 atom stereocenters. The standard InChI is InChI=1S/C10H17N5OS/c1-6(2)8-12-13-10-15(8)14-9(17-10)7(11)4-5-16-3/h6-7H,4-5,11H2,1-3H3. The van der Waals surface area contributed by atoms with Crippen LogP contribution in [0.15, 0.2) is 0 Å². The number of aromatic nitrogens is 4. The lowest BCUT2D eigenvalue weighted by Crippen LogP contribution is -2.13. The molecule has 0 aliphatic rings. The monoisotopic (exact) mass is 255 g/mol. The summed E-state index contributed by atoms with van der Waals surface area (Å²) in [4.78, 5) is 0.802. The van der Waals surface area contributed by atoms with Crippen LogP contribution in [-0.2, 0) is 4.74 Å². The second-order valence-electron chi connectivity index (χ2n) is 4.24. The van der Waals surface area contributed by atoms with Crippen molar-refractivity contribution >= 4 is 16.3 Å². The maximum absolute atomic E-state index is 6.04. The van der Waals surface area contributed by atoms with Crippen molar-refractivity contribution in [3.05, 3.63) is 10.8 Å². The highest BCUT2D eigenvalue weighted by atomic mass is 32.1. The Kier molecular flexibility index (Phi) is 3.70. The van der Waals surface area contributed by atoms with Crippen LogP contribution in [0, 0.1) is 0 Å². The van der Waals surface area contributed by atoms with Crippen molar-refractivity contribution in [2.45, 2.75) is 32.2 Å². The van der Waals surface area contributed by atoms with Gasteiger partial charge in [0.1, 0.15) is 5.01 Å². The van der Waals surface area contributed by atoms with Crippen LogP contribution in [0.1, 0.15) is 43.1 Å². The van der Waals surface area contributed by atoms with E-state index in [0.717, 1.165) is 22.2 Å². The fraction of sp³-hybridized carbons (Fsp3) is 0.700. The zero-order valence-electron chi connectivity index (χ0n) is 10.3. The number of hydrogen-bond acceptors (Lipinski definition) is 6. The Hall–Kier alpha value is -1.05. The van der Waals surface area contributed by atoms with E-state index in [-0.39, 0.29) is 6.04 Å². The quantitative estimate of drug-likeness (QED) is 0.872. The van der Waals surface area contributed by atoms with Crippen molar-refractivity contribution in [3.8, 4) is 0 Å². The molecule has 1 unspecified atom stereocenters. The molecule has 2 aromatic rings. The minimum absolute atomic E-state index is 0.0957. The summed E-state index contributed by atoms with van der Waals surface area (Å²) in [6, 6.07) is -0.0957. The van der Waals surface area contributed by atoms with Gasteiger partial charge in [0.2, 0.25) is 4.96 Å². The lowest BCUT2D eigenvalue weighted by molar-refractivity contribution is 0.188. The summed E-state index contributed by atoms with van der Waals surface area (Å²) < 4.78 is 6.80. The van der Waals surface area contributed by atoms with Gasteiger partial charge in [-0.3, -0.25) is 0 Å². The summed E-state index contributed by atoms with van der Waals surface area (Å²) in [5.74, 6) is 1.18. The van der Waals surface area contributed by atoms with Crippen LogP contribution in [0.3, 0.4) is 0 Å². The normalized spacial score (nSPS) is 13.7. The molecule has 0 bridgehead atoms. The molecule has 0 radical (unpaired) electrons. The van der Waals surface area contributed by atoms with E-state index in [1.54, 1.807) is 11.6 Å². The van der Waals surface area contributed by atoms with E-state index in [1.807, 2.05) is 0 Å². The predicted octanol–water partition coefficient (Wildman–Crippen LogP) is 1.35. The van der Waals surface area contributed by atoms with Crippen molar-refractivity contribution in [2.24, 2.45) is 5.73 Å². The number of nitrogens with zero attached hydrogens (tertiary/aromatic N) is 4. The number of hydrogen-bond donors (Lipinski definition) is 1. The molecule has 17 heavy (non-hydrogen) atoms. The summed E-state index contributed by atoms with van der Waals surface area (Å²) in [5, 5.41) is 13.6. The van der Waals surface area contributed by atoms with Crippen molar-refractivity contribution in [1.29, 1.82) is 0 Å². The maximum Gasteiger partial charge on any atom is 0.234 e. The molecule has 0 saturated heterocycles. The molecule has 2 rings (SSSR count). The van der Waals surface area contributed by atoms with Crippen LogP contribution < -0.4 is 5.73 Å². The maximum atomic E-state index is 6.04. The Morgan fingerprint density at radius 3 is 2.82 bits per heavy atom. The average Bonchev–Trinajstić information content (AvgIpc) is 2.83. The first kappa shape index (κ1) is 12.4. The second kappa shape index (κ2) is 5.07. The van der Waals surface area contributed by atoms with Crippen LogP contribution in [0.25, 0.3) is 4.96 Å². The molecule has 2 N–H and O–H groups in total. The third kappa shape index (κ3) is 2.46. The van der Waals surface area contributed by atoms with Crippen LogP contribution >= 0.6 is 11.3 Å². The van der Waals surface area contributed by atoms with Gasteiger partial charge >= 0.3 is 0 Å². The van der Waals surface area contributed by atoms with Crippen molar-refractivity contribution < 1.29 is 4.74 Å². The van der Waals surface area contributed by atoms with Crippen LogP contribution in [-0.4, -0.2) is 33.5 Å². The van der Waals surface area contributed by atoms with Gasteiger partial charge in [-0.05, 0) is 6.42 Å². The van der Waals surface area contributed by atoms with E-state index < -0.39 is 0 Å². The van der Waals surface area contributed by atoms with E-state index in [0.29, 0.717) is 12.5 Å². The number of fused-ring (bicyclic) bond motifs is 1. The highest BCUT2D eigenvalue weighted by Gasteiger charge is 2.17. The van der Waals surface area contributed by atoms with Gasteiger partial charge < -0.3 is 10.5 Å². The first-order valence-corrected chi connectivity index (χ1v) is 6.41. The summed E-state index contributed by atoms with van der Waals surface area (Å²) >= 11 is 1.49. The minimum atomic E-state index is -0.0957. The molecule has 0 saturated carbocycles. The molecule has 0 fully saturated rings. The van der Waals surface area contributed by atoms with Crippen molar-refractivity contribution in [2.75, 3.05) is 13.7 Å². The molecule has 94 valence electrons. The van der Waals surface area contributed by atoms with Gasteiger partial charge in [0, 0.05) is 19.6 Å². The number of nitrogens with two attached hydrogens (primary N) is 1. The first-order chi connectivity index (χ1) is 8.13. The zero-order valence-corrected chi connectivity index (χ0v) is 11.1. The highest BCUT2D eigenvalue weighted by molar-refractivity contribution is 7.16. The number of rotatable bonds is 5. The lowest BCUT2D eigenvalue weighted by Gasteiger charge is -2.06. The Morgan fingerprint density at radius 2 is 2.18 bits per heavy atom. The lowest BCUT2D eigenvalue weighted by atomic mass is 10.2. The smallest absolute Gasteiger partial charge is 0.234 e. The van der Waals surface area contributed by atoms with E-state index in [1.165, 1.54) is 11.3 Å². The first-order valence-electron chi connectivity index (χ1n) is 5.60. The van der Waals surface area contributed by atoms with Gasteiger partial charge in [0.05, 0.1) is 6.04 Å². The number of ether oxygens (including phenoxy) is 1. The summed E-state index contributed by atoms with van der Waals surface area (Å²) in [6.07, 6.45) is 0.762. The molecule has 2 aromatic heterocycles. The van der Waals surface area contributed by atoms with Crippen LogP contribution in [0.2, 0.25) is 0 Å². The van der Waals surface area contributed by atoms with Gasteiger partial charge in [-0.15, -0.1) is 10.2 Å². The SMILES string of the molecule is COCCC(N)c1nn2c(C(C)C)nnc2s1. The van der Waals surface area contributed by atoms with Gasteiger partial charge in [-0.2, -0.15) is 9.61 Å². The third-order valence-electron chi connectivity index (χ3n) is 2.50. The molecule has 6 nitrogen and oxygen atoms in total. The molecule has 2 heterocycles. The molecular formula is C10H17N5OS. The van der Waals surface area contributed by atoms with E-state index in [2.05, 4.69) is 29.1 Å². The Balaban J connectivity index is 2.25. The fourth-order valence-corrected chi connectivity index (χ4v) is 2.41. The van der Waals surface area contributed by atoms with E-state index >= 15 is 0 Å². The van der Waals surface area contributed by atoms with E-state index in [9.17, 15) is 0 Å². The molecule has 0 aliphatic carbocycles. The molecule has 0 aliphatic heterocycles. The Bertz CT molecular complexity index is 492. The fourth-order valence-electron chi connectivity index (χ4n) is 1.53. The topological polar surface area (TPSA) is 78.3 Å². The van der Waals surface area contributed by atoms with Crippen LogP contribution in [0.5, 0.6) is 0 Å². The van der Waals surface area contributed by atoms with Gasteiger partial charge in [-0.25, -0.2) is 0 Å². The van der Waals surface area contributed by atoms with E-state index in [4.69, 9.17) is 10.5 Å². The van der Waals surface area contributed by atoms with Crippen molar-refractivity contribution in [1.82, 2.24) is 19.8 Å². The van der Waals surface area contributed by atoms with Crippen molar-refractivity contribution in [3.63, 3.8) is 0 Å². The largest absolute Gasteiger partial charge is 0.385 e. The van der Waals surface area contributed by atoms with Gasteiger partial charge in [0.25, 0.3) is 0 Å². The molecule has 0 spiro atoms. The molecule has 7 heteroatoms. The minimum Gasteiger partial charge on any atom is -0.385 e. The molecular weight excluding hydrogens is 238 g/mol. The zero-order chi connectivity index (χ0) is 12.4. The molecule has 0 aromatic carbocycles. The average molecular weight is 255 g/mol. The Morgan fingerprint density at radius 1 is 1.41 bits per heavy atom. The summed E-state index contributed by atoms with van der Waals surface area (Å²) in [6.45, 7) is 4.78. The second-order valence-corrected chi connectivity index (χ2v) is 5.22. The van der Waals surface area contributed by atoms with Crippen LogP contribution in [0.4, 0.5) is 0 Å². The van der Waals surface area contributed by atoms with Gasteiger partial charge in [-0.1, -0.05) is 25.2 Å². The number of methoxy groups -OCH3 is 1. The van der Waals surface area contributed by atoms with Gasteiger partial charge in [0.15, 0.2) is 5.82 Å². The molecule has 0 amide bonds. The highest BCUT2D eigenvalue weighted by Crippen LogP contribution is 2.23. The third-order valence-corrected chi connectivity index (χ3v) is 3.53. The summed E-state index contributed by atoms with van der Waals surface area (Å²) in [5.41, 5.74) is 6.04. The predicted molar refractivity (Wildman–Crippen MR) is 66.2 cm³/mol. The Labute approximate surface area is 104 Å². The summed E-state index contributed by atoms with van der Waals surface area (Å²) in [7, 11) is 1.67.